The van der Waals surface area contributed by atoms with Crippen molar-refractivity contribution in [3.05, 3.63) is 77.9 Å². The van der Waals surface area contributed by atoms with Crippen molar-refractivity contribution in [1.29, 1.82) is 0 Å². The Morgan fingerprint density at radius 1 is 0.838 bits per heavy atom. The van der Waals surface area contributed by atoms with Crippen molar-refractivity contribution in [2.45, 2.75) is 39.1 Å². The lowest BCUT2D eigenvalue weighted by Gasteiger charge is -2.21. The van der Waals surface area contributed by atoms with Crippen LogP contribution in [-0.2, 0) is 0 Å². The largest absolute Gasteiger partial charge is 0.573 e. The minimum atomic E-state index is -4.71. The highest BCUT2D eigenvalue weighted by atomic mass is 35.5. The molecule has 4 aromatic rings. The van der Waals surface area contributed by atoms with Gasteiger partial charge in [-0.25, -0.2) is 0 Å². The fourth-order valence-electron chi connectivity index (χ4n) is 4.03. The summed E-state index contributed by atoms with van der Waals surface area (Å²) in [6, 6.07) is 19.4. The van der Waals surface area contributed by atoms with Crippen molar-refractivity contribution in [2.75, 3.05) is 18.4 Å². The van der Waals surface area contributed by atoms with Crippen molar-refractivity contribution in [3.63, 3.8) is 0 Å². The van der Waals surface area contributed by atoms with Gasteiger partial charge in [-0.15, -0.1) is 13.2 Å². The van der Waals surface area contributed by atoms with E-state index in [1.54, 1.807) is 12.1 Å². The topological polar surface area (TPSA) is 46.2 Å². The normalized spacial score (nSPS) is 12.1. The van der Waals surface area contributed by atoms with Crippen LogP contribution >= 0.6 is 11.6 Å². The molecule has 37 heavy (non-hydrogen) atoms. The molecule has 1 heterocycles. The second kappa shape index (κ2) is 11.0. The molecule has 1 aromatic heterocycles. The van der Waals surface area contributed by atoms with E-state index in [1.807, 2.05) is 48.7 Å². The lowest BCUT2D eigenvalue weighted by atomic mass is 9.98. The number of alkyl halides is 3. The van der Waals surface area contributed by atoms with Gasteiger partial charge in [0.25, 0.3) is 0 Å². The lowest BCUT2D eigenvalue weighted by Crippen LogP contribution is -2.36. The summed E-state index contributed by atoms with van der Waals surface area (Å²) in [5, 5.41) is 8.72. The van der Waals surface area contributed by atoms with Crippen molar-refractivity contribution in [3.8, 4) is 28.0 Å². The van der Waals surface area contributed by atoms with Crippen molar-refractivity contribution in [1.82, 2.24) is 10.3 Å². The fraction of sp³-hybridized carbons (Fsp3) is 0.276. The molecule has 0 unspecified atom stereocenters. The monoisotopic (exact) mass is 527 g/mol. The maximum Gasteiger partial charge on any atom is 0.573 e. The Morgan fingerprint density at radius 2 is 1.46 bits per heavy atom. The van der Waals surface area contributed by atoms with Gasteiger partial charge in [-0.3, -0.25) is 4.98 Å². The number of halogens is 4. The number of anilines is 1. The number of nitrogens with zero attached hydrogens (tertiary/aromatic N) is 1. The van der Waals surface area contributed by atoms with Gasteiger partial charge in [-0.1, -0.05) is 48.0 Å². The highest BCUT2D eigenvalue weighted by Crippen LogP contribution is 2.36. The summed E-state index contributed by atoms with van der Waals surface area (Å²) in [5.74, 6) is -0.247. The average Bonchev–Trinajstić information content (AvgIpc) is 2.82. The Hall–Kier alpha value is -3.29. The van der Waals surface area contributed by atoms with E-state index in [0.29, 0.717) is 5.02 Å². The van der Waals surface area contributed by atoms with Crippen LogP contribution in [-0.4, -0.2) is 30.0 Å². The minimum absolute atomic E-state index is 0.0681. The van der Waals surface area contributed by atoms with Crippen LogP contribution in [0.1, 0.15) is 27.2 Å². The predicted octanol–water partition coefficient (Wildman–Crippen LogP) is 8.31. The maximum atomic E-state index is 12.4. The van der Waals surface area contributed by atoms with Gasteiger partial charge in [-0.2, -0.15) is 0 Å². The van der Waals surface area contributed by atoms with Crippen LogP contribution in [0.3, 0.4) is 0 Å². The van der Waals surface area contributed by atoms with E-state index in [-0.39, 0.29) is 11.3 Å². The molecule has 2 N–H and O–H groups in total. The van der Waals surface area contributed by atoms with E-state index in [0.717, 1.165) is 58.4 Å². The molecule has 0 aliphatic heterocycles. The maximum absolute atomic E-state index is 12.4. The second-order valence-corrected chi connectivity index (χ2v) is 10.3. The molecule has 0 atom stereocenters. The zero-order valence-corrected chi connectivity index (χ0v) is 21.7. The minimum Gasteiger partial charge on any atom is -0.406 e. The molecule has 0 saturated heterocycles. The SMILES string of the molecule is CC(C)(C)NCCCNc1c(-c2ccc(-c3ccc(OC(F)(F)F)cc3)cc2)cnc2cc(Cl)ccc12. The third kappa shape index (κ3) is 7.37. The quantitative estimate of drug-likeness (QED) is 0.226. The number of fused-ring (bicyclic) bond motifs is 1. The van der Waals surface area contributed by atoms with Crippen LogP contribution in [0.15, 0.2) is 72.9 Å². The molecule has 0 aliphatic carbocycles. The van der Waals surface area contributed by atoms with Crippen LogP contribution in [0, 0.1) is 0 Å². The average molecular weight is 528 g/mol. The molecule has 8 heteroatoms. The van der Waals surface area contributed by atoms with Crippen LogP contribution in [0.5, 0.6) is 5.75 Å². The van der Waals surface area contributed by atoms with Gasteiger partial charge in [0.1, 0.15) is 5.75 Å². The molecule has 0 spiro atoms. The lowest BCUT2D eigenvalue weighted by molar-refractivity contribution is -0.274. The molecule has 0 bridgehead atoms. The van der Waals surface area contributed by atoms with E-state index in [2.05, 4.69) is 41.1 Å². The fourth-order valence-corrected chi connectivity index (χ4v) is 4.20. The molecule has 0 fully saturated rings. The Bertz CT molecular complexity index is 1350. The van der Waals surface area contributed by atoms with Crippen molar-refractivity contribution in [2.24, 2.45) is 0 Å². The number of hydrogen-bond donors (Lipinski definition) is 2. The van der Waals surface area contributed by atoms with E-state index in [1.165, 1.54) is 12.1 Å². The molecule has 0 aliphatic rings. The van der Waals surface area contributed by atoms with E-state index in [4.69, 9.17) is 11.6 Å². The van der Waals surface area contributed by atoms with Crippen molar-refractivity contribution >= 4 is 28.2 Å². The van der Waals surface area contributed by atoms with Crippen molar-refractivity contribution < 1.29 is 17.9 Å². The van der Waals surface area contributed by atoms with Crippen LogP contribution in [0.25, 0.3) is 33.2 Å². The Kier molecular flexibility index (Phi) is 7.95. The first kappa shape index (κ1) is 26.8. The molecule has 0 amide bonds. The Morgan fingerprint density at radius 3 is 2.08 bits per heavy atom. The molecule has 0 saturated carbocycles. The third-order valence-electron chi connectivity index (χ3n) is 5.76. The van der Waals surface area contributed by atoms with Gasteiger partial charge in [0.2, 0.25) is 0 Å². The Balaban J connectivity index is 1.58. The van der Waals surface area contributed by atoms with E-state index in [9.17, 15) is 13.2 Å². The third-order valence-corrected chi connectivity index (χ3v) is 5.99. The first-order valence-electron chi connectivity index (χ1n) is 12.0. The van der Waals surface area contributed by atoms with Crippen LogP contribution < -0.4 is 15.4 Å². The molecule has 4 nitrogen and oxygen atoms in total. The standard InChI is InChI=1S/C29H29ClF3N3O/c1-28(2,3)36-16-4-15-34-27-24-14-11-22(30)17-26(24)35-18-25(27)21-7-5-19(6-8-21)20-9-12-23(13-10-20)37-29(31,32)33/h5-14,17-18,36H,4,15-16H2,1-3H3,(H,34,35). The summed E-state index contributed by atoms with van der Waals surface area (Å²) in [4.78, 5) is 4.63. The number of pyridine rings is 1. The first-order chi connectivity index (χ1) is 17.5. The number of aromatic nitrogens is 1. The smallest absolute Gasteiger partial charge is 0.406 e. The van der Waals surface area contributed by atoms with Gasteiger partial charge in [-0.05, 0) is 80.8 Å². The molecular formula is C29H29ClF3N3O. The van der Waals surface area contributed by atoms with Gasteiger partial charge in [0.05, 0.1) is 11.2 Å². The zero-order chi connectivity index (χ0) is 26.6. The summed E-state index contributed by atoms with van der Waals surface area (Å²) < 4.78 is 41.3. The summed E-state index contributed by atoms with van der Waals surface area (Å²) in [7, 11) is 0. The summed E-state index contributed by atoms with van der Waals surface area (Å²) in [6.45, 7) is 8.11. The summed E-state index contributed by atoms with van der Waals surface area (Å²) >= 11 is 6.20. The van der Waals surface area contributed by atoms with Gasteiger partial charge >= 0.3 is 6.36 Å². The van der Waals surface area contributed by atoms with Crippen LogP contribution in [0.4, 0.5) is 18.9 Å². The van der Waals surface area contributed by atoms with Crippen LogP contribution in [0.2, 0.25) is 5.02 Å². The molecule has 3 aromatic carbocycles. The highest BCUT2D eigenvalue weighted by Gasteiger charge is 2.31. The van der Waals surface area contributed by atoms with Gasteiger partial charge < -0.3 is 15.4 Å². The second-order valence-electron chi connectivity index (χ2n) is 9.81. The molecule has 194 valence electrons. The molecule has 4 rings (SSSR count). The number of hydrogen-bond acceptors (Lipinski definition) is 4. The predicted molar refractivity (Wildman–Crippen MR) is 145 cm³/mol. The number of benzene rings is 3. The first-order valence-corrected chi connectivity index (χ1v) is 12.4. The number of rotatable bonds is 8. The molecular weight excluding hydrogens is 499 g/mol. The van der Waals surface area contributed by atoms with Gasteiger partial charge in [0.15, 0.2) is 0 Å². The van der Waals surface area contributed by atoms with E-state index < -0.39 is 6.36 Å². The summed E-state index contributed by atoms with van der Waals surface area (Å²) in [6.07, 6.45) is -1.93. The Labute approximate surface area is 219 Å². The van der Waals surface area contributed by atoms with E-state index >= 15 is 0 Å². The summed E-state index contributed by atoms with van der Waals surface area (Å²) in [5.41, 5.74) is 5.46. The molecule has 0 radical (unpaired) electrons. The zero-order valence-electron chi connectivity index (χ0n) is 20.9. The van der Waals surface area contributed by atoms with Gasteiger partial charge in [0, 0.05) is 34.3 Å². The number of nitrogens with one attached hydrogen (secondary N) is 2. The highest BCUT2D eigenvalue weighted by molar-refractivity contribution is 6.31. The number of ether oxygens (including phenoxy) is 1.